The number of hydrogen-bond donors (Lipinski definition) is 2. The predicted octanol–water partition coefficient (Wildman–Crippen LogP) is 3.19. The van der Waals surface area contributed by atoms with Gasteiger partial charge in [-0.2, -0.15) is 0 Å². The average molecular weight is 365 g/mol. The highest BCUT2D eigenvalue weighted by Gasteiger charge is 2.12. The molecule has 27 heavy (non-hydrogen) atoms. The Balaban J connectivity index is 1.48. The van der Waals surface area contributed by atoms with Crippen molar-refractivity contribution in [3.05, 3.63) is 66.2 Å². The van der Waals surface area contributed by atoms with E-state index in [4.69, 9.17) is 10.5 Å². The smallest absolute Gasteiger partial charge is 0.224 e. The molecular weight excluding hydrogens is 338 g/mol. The maximum atomic E-state index is 12.1. The fraction of sp³-hybridized carbons (Fsp3) is 0.318. The number of carbonyl (C=O) groups is 1. The van der Waals surface area contributed by atoms with E-state index in [2.05, 4.69) is 41.1 Å². The van der Waals surface area contributed by atoms with Gasteiger partial charge in [-0.25, -0.2) is 0 Å². The van der Waals surface area contributed by atoms with Gasteiger partial charge in [-0.3, -0.25) is 9.69 Å². The van der Waals surface area contributed by atoms with Gasteiger partial charge < -0.3 is 15.8 Å². The van der Waals surface area contributed by atoms with E-state index in [-0.39, 0.29) is 5.91 Å². The maximum absolute atomic E-state index is 12.1. The second-order valence-electron chi connectivity index (χ2n) is 6.82. The Kier molecular flexibility index (Phi) is 6.63. The number of morpholine rings is 1. The van der Waals surface area contributed by atoms with Crippen molar-refractivity contribution in [2.45, 2.75) is 12.8 Å². The van der Waals surface area contributed by atoms with Crippen molar-refractivity contribution in [1.82, 2.24) is 4.90 Å². The Morgan fingerprint density at radius 3 is 2.52 bits per heavy atom. The largest absolute Gasteiger partial charge is 0.397 e. The summed E-state index contributed by atoms with van der Waals surface area (Å²) in [6.07, 6.45) is 1.11. The van der Waals surface area contributed by atoms with Crippen LogP contribution < -0.4 is 11.1 Å². The molecule has 1 aliphatic heterocycles. The predicted molar refractivity (Wildman–Crippen MR) is 111 cm³/mol. The van der Waals surface area contributed by atoms with Gasteiger partial charge in [0.25, 0.3) is 0 Å². The van der Waals surface area contributed by atoms with Crippen molar-refractivity contribution in [2.75, 3.05) is 43.9 Å². The third kappa shape index (κ3) is 5.67. The number of amides is 1. The second-order valence-corrected chi connectivity index (χ2v) is 6.82. The molecular formula is C22H27N3O2. The van der Waals surface area contributed by atoms with E-state index in [0.717, 1.165) is 49.5 Å². The standard InChI is InChI=1S/C22H27N3O2/c1-17(16-25-12-14-27-15-13-25)19-9-6-18(7-10-19)8-11-22(26)24-21-5-3-2-4-20(21)23/h2-7,9-10H,1,8,11-16,23H2,(H,24,26). The van der Waals surface area contributed by atoms with Crippen LogP contribution in [0.15, 0.2) is 55.1 Å². The topological polar surface area (TPSA) is 67.6 Å². The summed E-state index contributed by atoms with van der Waals surface area (Å²) in [4.78, 5) is 14.5. The summed E-state index contributed by atoms with van der Waals surface area (Å²) in [6.45, 7) is 8.59. The lowest BCUT2D eigenvalue weighted by atomic mass is 10.0. The molecule has 2 aromatic rings. The molecule has 1 saturated heterocycles. The Morgan fingerprint density at radius 1 is 1.11 bits per heavy atom. The van der Waals surface area contributed by atoms with Crippen LogP contribution in [-0.4, -0.2) is 43.7 Å². The van der Waals surface area contributed by atoms with Crippen molar-refractivity contribution in [3.8, 4) is 0 Å². The van der Waals surface area contributed by atoms with Crippen LogP contribution in [0.2, 0.25) is 0 Å². The Morgan fingerprint density at radius 2 is 1.81 bits per heavy atom. The van der Waals surface area contributed by atoms with Crippen LogP contribution in [0.1, 0.15) is 17.5 Å². The van der Waals surface area contributed by atoms with Crippen LogP contribution in [0.4, 0.5) is 11.4 Å². The van der Waals surface area contributed by atoms with Crippen LogP contribution in [0.25, 0.3) is 5.57 Å². The van der Waals surface area contributed by atoms with Gasteiger partial charge in [0.15, 0.2) is 0 Å². The third-order valence-corrected chi connectivity index (χ3v) is 4.76. The number of rotatable bonds is 7. The molecule has 5 nitrogen and oxygen atoms in total. The van der Waals surface area contributed by atoms with Gasteiger partial charge in [0.05, 0.1) is 24.6 Å². The number of nitrogen functional groups attached to an aromatic ring is 1. The van der Waals surface area contributed by atoms with Crippen LogP contribution in [0, 0.1) is 0 Å². The quantitative estimate of drug-likeness (QED) is 0.740. The minimum atomic E-state index is -0.0336. The number of para-hydroxylation sites is 2. The fourth-order valence-electron chi connectivity index (χ4n) is 3.11. The van der Waals surface area contributed by atoms with E-state index in [1.807, 2.05) is 18.2 Å². The lowest BCUT2D eigenvalue weighted by Gasteiger charge is -2.27. The van der Waals surface area contributed by atoms with Gasteiger partial charge in [0, 0.05) is 26.1 Å². The van der Waals surface area contributed by atoms with Crippen molar-refractivity contribution < 1.29 is 9.53 Å². The van der Waals surface area contributed by atoms with Gasteiger partial charge in [-0.05, 0) is 35.3 Å². The number of hydrogen-bond acceptors (Lipinski definition) is 4. The molecule has 0 unspecified atom stereocenters. The molecule has 0 saturated carbocycles. The van der Waals surface area contributed by atoms with E-state index < -0.39 is 0 Å². The molecule has 142 valence electrons. The molecule has 0 aliphatic carbocycles. The summed E-state index contributed by atoms with van der Waals surface area (Å²) in [7, 11) is 0. The zero-order chi connectivity index (χ0) is 19.1. The van der Waals surface area contributed by atoms with E-state index in [0.29, 0.717) is 24.2 Å². The minimum absolute atomic E-state index is 0.0336. The van der Waals surface area contributed by atoms with Crippen LogP contribution >= 0.6 is 0 Å². The summed E-state index contributed by atoms with van der Waals surface area (Å²) in [6, 6.07) is 15.6. The lowest BCUT2D eigenvalue weighted by molar-refractivity contribution is -0.116. The molecule has 0 bridgehead atoms. The Bertz CT molecular complexity index is 780. The van der Waals surface area contributed by atoms with Crippen molar-refractivity contribution in [1.29, 1.82) is 0 Å². The first-order chi connectivity index (χ1) is 13.1. The van der Waals surface area contributed by atoms with E-state index in [1.165, 1.54) is 0 Å². The molecule has 2 aromatic carbocycles. The second kappa shape index (κ2) is 9.35. The van der Waals surface area contributed by atoms with Crippen molar-refractivity contribution in [2.24, 2.45) is 0 Å². The molecule has 1 fully saturated rings. The first-order valence-corrected chi connectivity index (χ1v) is 9.33. The number of benzene rings is 2. The van der Waals surface area contributed by atoms with E-state index in [1.54, 1.807) is 6.07 Å². The number of nitrogens with zero attached hydrogens (tertiary/aromatic N) is 1. The zero-order valence-corrected chi connectivity index (χ0v) is 15.6. The molecule has 1 amide bonds. The summed E-state index contributed by atoms with van der Waals surface area (Å²) in [5, 5.41) is 2.86. The molecule has 3 N–H and O–H groups in total. The molecule has 0 atom stereocenters. The molecule has 5 heteroatoms. The van der Waals surface area contributed by atoms with Crippen LogP contribution in [0.3, 0.4) is 0 Å². The summed E-state index contributed by atoms with van der Waals surface area (Å²) < 4.78 is 5.38. The number of aryl methyl sites for hydroxylation is 1. The highest BCUT2D eigenvalue weighted by atomic mass is 16.5. The lowest BCUT2D eigenvalue weighted by Crippen LogP contribution is -2.37. The van der Waals surface area contributed by atoms with E-state index >= 15 is 0 Å². The number of carbonyl (C=O) groups excluding carboxylic acids is 1. The highest BCUT2D eigenvalue weighted by molar-refractivity contribution is 5.93. The van der Waals surface area contributed by atoms with Crippen LogP contribution in [-0.2, 0) is 16.0 Å². The minimum Gasteiger partial charge on any atom is -0.397 e. The SMILES string of the molecule is C=C(CN1CCOCC1)c1ccc(CCC(=O)Nc2ccccc2N)cc1. The number of anilines is 2. The molecule has 0 aromatic heterocycles. The fourth-order valence-corrected chi connectivity index (χ4v) is 3.11. The zero-order valence-electron chi connectivity index (χ0n) is 15.6. The number of ether oxygens (including phenoxy) is 1. The molecule has 0 radical (unpaired) electrons. The molecule has 0 spiro atoms. The molecule has 1 aliphatic rings. The molecule has 1 heterocycles. The van der Waals surface area contributed by atoms with Gasteiger partial charge in [0.1, 0.15) is 0 Å². The maximum Gasteiger partial charge on any atom is 0.224 e. The Hall–Kier alpha value is -2.63. The summed E-state index contributed by atoms with van der Waals surface area (Å²) in [5.41, 5.74) is 10.5. The average Bonchev–Trinajstić information content (AvgIpc) is 2.69. The normalized spacial score (nSPS) is 14.7. The first-order valence-electron chi connectivity index (χ1n) is 9.33. The van der Waals surface area contributed by atoms with Crippen molar-refractivity contribution in [3.63, 3.8) is 0 Å². The Labute approximate surface area is 160 Å². The van der Waals surface area contributed by atoms with Crippen molar-refractivity contribution >= 4 is 22.9 Å². The van der Waals surface area contributed by atoms with Gasteiger partial charge in [0.2, 0.25) is 5.91 Å². The third-order valence-electron chi connectivity index (χ3n) is 4.76. The van der Waals surface area contributed by atoms with Gasteiger partial charge >= 0.3 is 0 Å². The van der Waals surface area contributed by atoms with Gasteiger partial charge in [-0.15, -0.1) is 0 Å². The molecule has 3 rings (SSSR count). The van der Waals surface area contributed by atoms with E-state index in [9.17, 15) is 4.79 Å². The monoisotopic (exact) mass is 365 g/mol. The number of nitrogens with one attached hydrogen (secondary N) is 1. The first kappa shape index (κ1) is 19.1. The summed E-state index contributed by atoms with van der Waals surface area (Å²) in [5.74, 6) is -0.0336. The van der Waals surface area contributed by atoms with Gasteiger partial charge in [-0.1, -0.05) is 43.0 Å². The van der Waals surface area contributed by atoms with Crippen LogP contribution in [0.5, 0.6) is 0 Å². The number of nitrogens with two attached hydrogens (primary N) is 1. The summed E-state index contributed by atoms with van der Waals surface area (Å²) >= 11 is 0. The highest BCUT2D eigenvalue weighted by Crippen LogP contribution is 2.18.